The number of halogens is 1. The molecule has 0 saturated heterocycles. The maximum absolute atomic E-state index is 13.1. The van der Waals surface area contributed by atoms with Crippen molar-refractivity contribution in [3.8, 4) is 11.4 Å². The number of carbonyl (C=O) groups is 1. The van der Waals surface area contributed by atoms with E-state index in [1.54, 1.807) is 19.9 Å². The molecule has 0 saturated carbocycles. The van der Waals surface area contributed by atoms with Gasteiger partial charge >= 0.3 is 11.9 Å². The lowest BCUT2D eigenvalue weighted by molar-refractivity contribution is 0.0470. The van der Waals surface area contributed by atoms with Crippen LogP contribution in [0, 0.1) is 12.7 Å². The minimum absolute atomic E-state index is 0.162. The minimum atomic E-state index is -0.690. The van der Waals surface area contributed by atoms with Crippen molar-refractivity contribution >= 4 is 5.97 Å². The van der Waals surface area contributed by atoms with Gasteiger partial charge in [0.25, 0.3) is 0 Å². The molecular formula is C12H11FN2O3. The average molecular weight is 250 g/mol. The molecule has 94 valence electrons. The van der Waals surface area contributed by atoms with Gasteiger partial charge in [-0.15, -0.1) is 0 Å². The first-order chi connectivity index (χ1) is 8.61. The van der Waals surface area contributed by atoms with Gasteiger partial charge in [-0.1, -0.05) is 11.2 Å². The molecule has 0 radical (unpaired) electrons. The molecule has 0 bridgehead atoms. The number of aryl methyl sites for hydroxylation is 1. The zero-order chi connectivity index (χ0) is 13.1. The number of aromatic nitrogens is 2. The second-order valence-corrected chi connectivity index (χ2v) is 3.60. The Kier molecular flexibility index (Phi) is 3.36. The van der Waals surface area contributed by atoms with E-state index in [2.05, 4.69) is 10.1 Å². The van der Waals surface area contributed by atoms with Crippen LogP contribution in [0.3, 0.4) is 0 Å². The summed E-state index contributed by atoms with van der Waals surface area (Å²) in [6.45, 7) is 3.68. The quantitative estimate of drug-likeness (QED) is 0.782. The number of nitrogens with zero attached hydrogens (tertiary/aromatic N) is 2. The fraction of sp³-hybridized carbons (Fsp3) is 0.250. The van der Waals surface area contributed by atoms with Crippen LogP contribution in [0.1, 0.15) is 23.2 Å². The van der Waals surface area contributed by atoms with E-state index in [0.717, 1.165) is 5.56 Å². The lowest BCUT2D eigenvalue weighted by atomic mass is 10.1. The molecule has 0 spiro atoms. The molecule has 0 aliphatic carbocycles. The Hall–Kier alpha value is -2.24. The van der Waals surface area contributed by atoms with Crippen LogP contribution in [0.4, 0.5) is 4.39 Å². The molecule has 0 atom stereocenters. The van der Waals surface area contributed by atoms with Crippen LogP contribution in [-0.2, 0) is 4.74 Å². The Balaban J connectivity index is 2.35. The number of esters is 1. The van der Waals surface area contributed by atoms with Gasteiger partial charge in [0.15, 0.2) is 0 Å². The summed E-state index contributed by atoms with van der Waals surface area (Å²) < 4.78 is 22.6. The van der Waals surface area contributed by atoms with Gasteiger partial charge in [-0.25, -0.2) is 9.18 Å². The van der Waals surface area contributed by atoms with Gasteiger partial charge in [-0.3, -0.25) is 0 Å². The summed E-state index contributed by atoms with van der Waals surface area (Å²) in [5.41, 5.74) is 1.27. The zero-order valence-electron chi connectivity index (χ0n) is 9.94. The minimum Gasteiger partial charge on any atom is -0.459 e. The van der Waals surface area contributed by atoms with Crippen molar-refractivity contribution in [2.45, 2.75) is 13.8 Å². The summed E-state index contributed by atoms with van der Waals surface area (Å²) in [5.74, 6) is -1.17. The Morgan fingerprint density at radius 3 is 3.00 bits per heavy atom. The van der Waals surface area contributed by atoms with Crippen molar-refractivity contribution in [1.82, 2.24) is 10.1 Å². The van der Waals surface area contributed by atoms with E-state index in [0.29, 0.717) is 5.56 Å². The van der Waals surface area contributed by atoms with E-state index in [9.17, 15) is 9.18 Å². The van der Waals surface area contributed by atoms with Gasteiger partial charge in [-0.05, 0) is 31.5 Å². The van der Waals surface area contributed by atoms with E-state index in [-0.39, 0.29) is 18.3 Å². The van der Waals surface area contributed by atoms with E-state index in [1.807, 2.05) is 0 Å². The van der Waals surface area contributed by atoms with Crippen LogP contribution < -0.4 is 0 Å². The monoisotopic (exact) mass is 250 g/mol. The lowest BCUT2D eigenvalue weighted by Gasteiger charge is -1.99. The molecule has 2 rings (SSSR count). The predicted octanol–water partition coefficient (Wildman–Crippen LogP) is 2.36. The van der Waals surface area contributed by atoms with Crippen molar-refractivity contribution in [1.29, 1.82) is 0 Å². The fourth-order valence-corrected chi connectivity index (χ4v) is 1.44. The maximum Gasteiger partial charge on any atom is 0.397 e. The predicted molar refractivity (Wildman–Crippen MR) is 60.4 cm³/mol. The highest BCUT2D eigenvalue weighted by Gasteiger charge is 2.18. The largest absolute Gasteiger partial charge is 0.459 e. The average Bonchev–Trinajstić information content (AvgIpc) is 2.82. The summed E-state index contributed by atoms with van der Waals surface area (Å²) in [5, 5.41) is 3.64. The number of hydrogen-bond donors (Lipinski definition) is 0. The molecule has 18 heavy (non-hydrogen) atoms. The van der Waals surface area contributed by atoms with Crippen LogP contribution >= 0.6 is 0 Å². The third kappa shape index (κ3) is 2.37. The van der Waals surface area contributed by atoms with Crippen LogP contribution in [0.5, 0.6) is 0 Å². The second-order valence-electron chi connectivity index (χ2n) is 3.60. The number of hydrogen-bond acceptors (Lipinski definition) is 5. The smallest absolute Gasteiger partial charge is 0.397 e. The van der Waals surface area contributed by atoms with Crippen LogP contribution in [0.15, 0.2) is 22.7 Å². The van der Waals surface area contributed by atoms with E-state index >= 15 is 0 Å². The third-order valence-electron chi connectivity index (χ3n) is 2.32. The third-order valence-corrected chi connectivity index (χ3v) is 2.32. The Morgan fingerprint density at radius 2 is 2.28 bits per heavy atom. The SMILES string of the molecule is CCOC(=O)c1nc(-c2cc(F)ccc2C)no1. The van der Waals surface area contributed by atoms with Crippen LogP contribution in [-0.4, -0.2) is 22.7 Å². The van der Waals surface area contributed by atoms with Crippen molar-refractivity contribution in [3.63, 3.8) is 0 Å². The number of benzene rings is 1. The summed E-state index contributed by atoms with van der Waals surface area (Å²) >= 11 is 0. The molecule has 0 fully saturated rings. The second kappa shape index (κ2) is 4.95. The summed E-state index contributed by atoms with van der Waals surface area (Å²) in [4.78, 5) is 15.2. The number of rotatable bonds is 3. The van der Waals surface area contributed by atoms with Gasteiger partial charge in [-0.2, -0.15) is 4.98 Å². The van der Waals surface area contributed by atoms with Gasteiger partial charge in [0, 0.05) is 5.56 Å². The Labute approximate surface area is 103 Å². The molecule has 1 aromatic carbocycles. The molecule has 6 heteroatoms. The summed E-state index contributed by atoms with van der Waals surface area (Å²) in [6, 6.07) is 4.23. The van der Waals surface area contributed by atoms with Gasteiger partial charge < -0.3 is 9.26 Å². The molecule has 1 heterocycles. The van der Waals surface area contributed by atoms with Crippen molar-refractivity contribution < 1.29 is 18.4 Å². The van der Waals surface area contributed by atoms with Crippen molar-refractivity contribution in [2.24, 2.45) is 0 Å². The fourth-order valence-electron chi connectivity index (χ4n) is 1.44. The molecule has 0 N–H and O–H groups in total. The van der Waals surface area contributed by atoms with E-state index < -0.39 is 11.8 Å². The normalized spacial score (nSPS) is 10.4. The first-order valence-electron chi connectivity index (χ1n) is 5.39. The number of ether oxygens (including phenoxy) is 1. The molecule has 0 aliphatic heterocycles. The van der Waals surface area contributed by atoms with Crippen molar-refractivity contribution in [3.05, 3.63) is 35.5 Å². The molecule has 0 unspecified atom stereocenters. The summed E-state index contributed by atoms with van der Waals surface area (Å²) in [6.07, 6.45) is 0. The summed E-state index contributed by atoms with van der Waals surface area (Å²) in [7, 11) is 0. The topological polar surface area (TPSA) is 65.2 Å². The molecule has 0 aliphatic rings. The van der Waals surface area contributed by atoms with Gasteiger partial charge in [0.05, 0.1) is 6.61 Å². The van der Waals surface area contributed by atoms with Crippen LogP contribution in [0.2, 0.25) is 0 Å². The molecule has 5 nitrogen and oxygen atoms in total. The molecule has 2 aromatic rings. The molecule has 0 amide bonds. The first-order valence-corrected chi connectivity index (χ1v) is 5.39. The van der Waals surface area contributed by atoms with Crippen LogP contribution in [0.25, 0.3) is 11.4 Å². The molecular weight excluding hydrogens is 239 g/mol. The highest BCUT2D eigenvalue weighted by Crippen LogP contribution is 2.21. The van der Waals surface area contributed by atoms with E-state index in [1.165, 1.54) is 12.1 Å². The Morgan fingerprint density at radius 1 is 1.50 bits per heavy atom. The van der Waals surface area contributed by atoms with E-state index in [4.69, 9.17) is 9.26 Å². The zero-order valence-corrected chi connectivity index (χ0v) is 9.94. The molecule has 1 aromatic heterocycles. The maximum atomic E-state index is 13.1. The highest BCUT2D eigenvalue weighted by atomic mass is 19.1. The van der Waals surface area contributed by atoms with Crippen molar-refractivity contribution in [2.75, 3.05) is 6.61 Å². The first kappa shape index (κ1) is 12.2. The number of carbonyl (C=O) groups excluding carboxylic acids is 1. The highest BCUT2D eigenvalue weighted by molar-refractivity contribution is 5.84. The van der Waals surface area contributed by atoms with Gasteiger partial charge in [0.2, 0.25) is 5.82 Å². The Bertz CT molecular complexity index is 580. The lowest BCUT2D eigenvalue weighted by Crippen LogP contribution is -2.04. The van der Waals surface area contributed by atoms with Gasteiger partial charge in [0.1, 0.15) is 5.82 Å². The standard InChI is InChI=1S/C12H11FN2O3/c1-3-17-12(16)11-14-10(15-18-11)9-6-8(13)5-4-7(9)2/h4-6H,3H2,1-2H3.